The van der Waals surface area contributed by atoms with Crippen molar-refractivity contribution in [2.75, 3.05) is 36.4 Å². The molecule has 0 spiro atoms. The highest BCUT2D eigenvalue weighted by Gasteiger charge is 2.25. The fraction of sp³-hybridized carbons (Fsp3) is 0.412. The molecule has 6 heteroatoms. The Bertz CT molecular complexity index is 1250. The molecule has 0 radical (unpaired) electrons. The molecule has 2 fully saturated rings. The number of carbonyl (C=O) groups is 2. The number of piperazine rings is 1. The molecule has 3 aromatic carbocycles. The van der Waals surface area contributed by atoms with Gasteiger partial charge in [0.25, 0.3) is 5.91 Å². The van der Waals surface area contributed by atoms with Crippen LogP contribution in [0.4, 0.5) is 11.4 Å². The largest absolute Gasteiger partial charge is 0.368 e. The molecule has 210 valence electrons. The van der Waals surface area contributed by atoms with Gasteiger partial charge in [-0.15, -0.1) is 0 Å². The van der Waals surface area contributed by atoms with Crippen molar-refractivity contribution in [1.29, 1.82) is 0 Å². The average Bonchev–Trinajstić information content (AvgIpc) is 2.99. The minimum Gasteiger partial charge on any atom is -0.368 e. The average molecular weight is 539 g/mol. The molecule has 2 aliphatic rings. The predicted molar refractivity (Wildman–Crippen MR) is 163 cm³/mol. The molecule has 1 atom stereocenters. The fourth-order valence-corrected chi connectivity index (χ4v) is 6.06. The molecule has 2 N–H and O–H groups in total. The molecule has 1 saturated carbocycles. The van der Waals surface area contributed by atoms with Crippen LogP contribution >= 0.6 is 0 Å². The minimum absolute atomic E-state index is 0.0418. The molecule has 3 aromatic rings. The summed E-state index contributed by atoms with van der Waals surface area (Å²) in [6, 6.07) is 26.5. The summed E-state index contributed by atoms with van der Waals surface area (Å²) in [7, 11) is 0. The first kappa shape index (κ1) is 27.9. The van der Waals surface area contributed by atoms with Crippen LogP contribution in [0.3, 0.4) is 0 Å². The van der Waals surface area contributed by atoms with E-state index in [0.717, 1.165) is 69.7 Å². The van der Waals surface area contributed by atoms with Gasteiger partial charge in [0.2, 0.25) is 5.91 Å². The SMILES string of the molecule is CCC(C(=O)Nc1ccc(N2CCN(Cc3ccccc3)CC2)c(C(=O)NC2CCCCC2)c1)c1ccccc1. The van der Waals surface area contributed by atoms with E-state index in [9.17, 15) is 9.59 Å². The first-order valence-corrected chi connectivity index (χ1v) is 14.9. The van der Waals surface area contributed by atoms with Crippen molar-refractivity contribution in [3.63, 3.8) is 0 Å². The van der Waals surface area contributed by atoms with Gasteiger partial charge in [0.05, 0.1) is 11.5 Å². The van der Waals surface area contributed by atoms with E-state index in [1.165, 1.54) is 12.0 Å². The summed E-state index contributed by atoms with van der Waals surface area (Å²) < 4.78 is 0. The highest BCUT2D eigenvalue weighted by atomic mass is 16.2. The van der Waals surface area contributed by atoms with E-state index in [-0.39, 0.29) is 23.8 Å². The lowest BCUT2D eigenvalue weighted by atomic mass is 9.95. The van der Waals surface area contributed by atoms with Crippen molar-refractivity contribution in [3.05, 3.63) is 95.6 Å². The lowest BCUT2D eigenvalue weighted by Crippen LogP contribution is -2.46. The van der Waals surface area contributed by atoms with Crippen molar-refractivity contribution in [1.82, 2.24) is 10.2 Å². The molecular formula is C34H42N4O2. The lowest BCUT2D eigenvalue weighted by Gasteiger charge is -2.37. The van der Waals surface area contributed by atoms with Gasteiger partial charge in [-0.2, -0.15) is 0 Å². The van der Waals surface area contributed by atoms with Crippen molar-refractivity contribution >= 4 is 23.2 Å². The Balaban J connectivity index is 1.32. The number of nitrogens with zero attached hydrogens (tertiary/aromatic N) is 2. The molecule has 0 bridgehead atoms. The van der Waals surface area contributed by atoms with E-state index < -0.39 is 0 Å². The standard InChI is InChI=1S/C34H42N4O2/c1-2-30(27-14-8-4-9-15-27)33(39)36-29-18-19-32(31(24-29)34(40)35-28-16-10-5-11-17-28)38-22-20-37(21-23-38)25-26-12-6-3-7-13-26/h3-4,6-9,12-15,18-19,24,28,30H,2,5,10-11,16-17,20-23,25H2,1H3,(H,35,40)(H,36,39). The van der Waals surface area contributed by atoms with E-state index in [4.69, 9.17) is 0 Å². The number of anilines is 2. The van der Waals surface area contributed by atoms with Crippen molar-refractivity contribution in [3.8, 4) is 0 Å². The number of rotatable bonds is 9. The van der Waals surface area contributed by atoms with E-state index in [1.54, 1.807) is 0 Å². The quantitative estimate of drug-likeness (QED) is 0.340. The molecule has 2 amide bonds. The topological polar surface area (TPSA) is 64.7 Å². The number of hydrogen-bond acceptors (Lipinski definition) is 4. The third-order valence-corrected chi connectivity index (χ3v) is 8.34. The fourth-order valence-electron chi connectivity index (χ4n) is 6.06. The third kappa shape index (κ3) is 7.11. The normalized spacial score (nSPS) is 17.3. The van der Waals surface area contributed by atoms with E-state index in [1.807, 2.05) is 55.5 Å². The van der Waals surface area contributed by atoms with Crippen molar-refractivity contribution in [2.24, 2.45) is 0 Å². The molecule has 1 unspecified atom stereocenters. The van der Waals surface area contributed by atoms with Gasteiger partial charge in [-0.1, -0.05) is 86.8 Å². The Hall–Kier alpha value is -3.64. The lowest BCUT2D eigenvalue weighted by molar-refractivity contribution is -0.117. The molecule has 5 rings (SSSR count). The number of amides is 2. The van der Waals surface area contributed by atoms with Crippen LogP contribution in [0.5, 0.6) is 0 Å². The molecule has 6 nitrogen and oxygen atoms in total. The minimum atomic E-state index is -0.238. The van der Waals surface area contributed by atoms with Crippen molar-refractivity contribution in [2.45, 2.75) is 64.0 Å². The molecule has 1 saturated heterocycles. The summed E-state index contributed by atoms with van der Waals surface area (Å²) in [5.74, 6) is -0.326. The number of hydrogen-bond donors (Lipinski definition) is 2. The predicted octanol–water partition coefficient (Wildman–Crippen LogP) is 6.20. The second kappa shape index (κ2) is 13.6. The number of carbonyl (C=O) groups excluding carboxylic acids is 2. The summed E-state index contributed by atoms with van der Waals surface area (Å²) in [6.07, 6.45) is 6.34. The highest BCUT2D eigenvalue weighted by Crippen LogP contribution is 2.29. The van der Waals surface area contributed by atoms with Gasteiger partial charge in [-0.3, -0.25) is 14.5 Å². The maximum Gasteiger partial charge on any atom is 0.253 e. The Morgan fingerprint density at radius 2 is 1.52 bits per heavy atom. The molecule has 1 aliphatic heterocycles. The Morgan fingerprint density at radius 3 is 2.20 bits per heavy atom. The second-order valence-electron chi connectivity index (χ2n) is 11.1. The van der Waals surface area contributed by atoms with Crippen LogP contribution in [0.25, 0.3) is 0 Å². The van der Waals surface area contributed by atoms with Gasteiger partial charge < -0.3 is 15.5 Å². The van der Waals surface area contributed by atoms with Gasteiger partial charge in [-0.05, 0) is 48.6 Å². The van der Waals surface area contributed by atoms with Gasteiger partial charge >= 0.3 is 0 Å². The van der Waals surface area contributed by atoms with E-state index >= 15 is 0 Å². The summed E-state index contributed by atoms with van der Waals surface area (Å²) in [5, 5.41) is 6.42. The number of benzene rings is 3. The van der Waals surface area contributed by atoms with Crippen LogP contribution in [-0.4, -0.2) is 48.9 Å². The van der Waals surface area contributed by atoms with Crippen LogP contribution in [-0.2, 0) is 11.3 Å². The summed E-state index contributed by atoms with van der Waals surface area (Å²) in [5.41, 5.74) is 4.58. The zero-order valence-electron chi connectivity index (χ0n) is 23.6. The third-order valence-electron chi connectivity index (χ3n) is 8.34. The van der Waals surface area contributed by atoms with E-state index in [0.29, 0.717) is 17.7 Å². The highest BCUT2D eigenvalue weighted by molar-refractivity contribution is 6.03. The molecule has 1 heterocycles. The first-order valence-electron chi connectivity index (χ1n) is 14.9. The monoisotopic (exact) mass is 538 g/mol. The van der Waals surface area contributed by atoms with Crippen LogP contribution in [0, 0.1) is 0 Å². The van der Waals surface area contributed by atoms with E-state index in [2.05, 4.69) is 50.8 Å². The summed E-state index contributed by atoms with van der Waals surface area (Å²) in [6.45, 7) is 6.55. The molecular weight excluding hydrogens is 496 g/mol. The Morgan fingerprint density at radius 1 is 0.850 bits per heavy atom. The van der Waals surface area contributed by atoms with Gasteiger partial charge in [0, 0.05) is 50.1 Å². The smallest absolute Gasteiger partial charge is 0.253 e. The number of nitrogens with one attached hydrogen (secondary N) is 2. The van der Waals surface area contributed by atoms with Crippen LogP contribution in [0.2, 0.25) is 0 Å². The summed E-state index contributed by atoms with van der Waals surface area (Å²) >= 11 is 0. The zero-order chi connectivity index (χ0) is 27.7. The molecule has 1 aliphatic carbocycles. The van der Waals surface area contributed by atoms with Gasteiger partial charge in [0.1, 0.15) is 0 Å². The molecule has 40 heavy (non-hydrogen) atoms. The van der Waals surface area contributed by atoms with Crippen LogP contribution < -0.4 is 15.5 Å². The first-order chi connectivity index (χ1) is 19.6. The van der Waals surface area contributed by atoms with Crippen LogP contribution in [0.1, 0.15) is 72.9 Å². The Kier molecular flexibility index (Phi) is 9.50. The second-order valence-corrected chi connectivity index (χ2v) is 11.1. The maximum atomic E-state index is 13.7. The van der Waals surface area contributed by atoms with Crippen molar-refractivity contribution < 1.29 is 9.59 Å². The van der Waals surface area contributed by atoms with Gasteiger partial charge in [-0.25, -0.2) is 0 Å². The maximum absolute atomic E-state index is 13.7. The zero-order valence-corrected chi connectivity index (χ0v) is 23.6. The Labute approximate surface area is 238 Å². The van der Waals surface area contributed by atoms with Crippen LogP contribution in [0.15, 0.2) is 78.9 Å². The summed E-state index contributed by atoms with van der Waals surface area (Å²) in [4.78, 5) is 31.7. The van der Waals surface area contributed by atoms with Gasteiger partial charge in [0.15, 0.2) is 0 Å². The molecule has 0 aromatic heterocycles.